The Hall–Kier alpha value is 0.240. The fourth-order valence-electron chi connectivity index (χ4n) is 0.814. The van der Waals surface area contributed by atoms with Crippen LogP contribution >= 0.6 is 24.8 Å². The lowest BCUT2D eigenvalue weighted by molar-refractivity contribution is 0.704. The maximum Gasteiger partial charge on any atom is 0.0756 e. The second-order valence-electron chi connectivity index (χ2n) is 1.99. The Morgan fingerprint density at radius 2 is 2.62 bits per heavy atom. The number of hydrogen-bond donors (Lipinski definition) is 2. The first kappa shape index (κ1) is 6.36. The molecular formula is C5H9NS2. The van der Waals surface area contributed by atoms with Gasteiger partial charge in [-0.25, -0.2) is 0 Å². The van der Waals surface area contributed by atoms with Crippen molar-refractivity contribution in [1.29, 1.82) is 0 Å². The molecule has 1 saturated heterocycles. The minimum Gasteiger partial charge on any atom is -0.376 e. The van der Waals surface area contributed by atoms with E-state index in [9.17, 15) is 0 Å². The normalized spacial score (nSPS) is 28.1. The topological polar surface area (TPSA) is 12.0 Å². The van der Waals surface area contributed by atoms with E-state index in [0.717, 1.165) is 17.2 Å². The SMILES string of the molecule is S=C1CC[C@@H](CS)N1. The predicted molar refractivity (Wildman–Crippen MR) is 42.6 cm³/mol. The average Bonchev–Trinajstić information content (AvgIpc) is 2.14. The molecule has 0 bridgehead atoms. The smallest absolute Gasteiger partial charge is 0.0756 e. The van der Waals surface area contributed by atoms with Crippen molar-refractivity contribution >= 4 is 29.8 Å². The molecule has 0 amide bonds. The molecule has 0 aromatic rings. The largest absolute Gasteiger partial charge is 0.376 e. The standard InChI is InChI=1S/C5H9NS2/c7-3-4-1-2-5(8)6-4/h4,7H,1-3H2,(H,6,8)/t4-/m0/s1. The van der Waals surface area contributed by atoms with Crippen molar-refractivity contribution < 1.29 is 0 Å². The summed E-state index contributed by atoms with van der Waals surface area (Å²) in [7, 11) is 0. The molecule has 1 fully saturated rings. The molecule has 8 heavy (non-hydrogen) atoms. The number of thiol groups is 1. The molecule has 46 valence electrons. The molecule has 0 radical (unpaired) electrons. The molecular weight excluding hydrogens is 138 g/mol. The zero-order valence-corrected chi connectivity index (χ0v) is 6.27. The molecule has 1 N–H and O–H groups in total. The van der Waals surface area contributed by atoms with Crippen LogP contribution in [0.2, 0.25) is 0 Å². The third-order valence-electron chi connectivity index (χ3n) is 1.31. The lowest BCUT2D eigenvalue weighted by Gasteiger charge is -2.03. The van der Waals surface area contributed by atoms with E-state index in [4.69, 9.17) is 12.2 Å². The second kappa shape index (κ2) is 2.69. The second-order valence-corrected chi connectivity index (χ2v) is 2.84. The van der Waals surface area contributed by atoms with Gasteiger partial charge in [0.25, 0.3) is 0 Å². The van der Waals surface area contributed by atoms with Gasteiger partial charge in [-0.05, 0) is 12.8 Å². The van der Waals surface area contributed by atoms with Crippen LogP contribution in [-0.2, 0) is 0 Å². The summed E-state index contributed by atoms with van der Waals surface area (Å²) >= 11 is 9.05. The minimum atomic E-state index is 0.547. The maximum atomic E-state index is 4.92. The summed E-state index contributed by atoms with van der Waals surface area (Å²) in [6.07, 6.45) is 2.23. The van der Waals surface area contributed by atoms with E-state index < -0.39 is 0 Å². The lowest BCUT2D eigenvalue weighted by atomic mass is 10.3. The van der Waals surface area contributed by atoms with Crippen molar-refractivity contribution in [2.24, 2.45) is 0 Å². The van der Waals surface area contributed by atoms with Crippen LogP contribution in [0, 0.1) is 0 Å². The van der Waals surface area contributed by atoms with E-state index in [-0.39, 0.29) is 0 Å². The van der Waals surface area contributed by atoms with Crippen molar-refractivity contribution in [3.05, 3.63) is 0 Å². The molecule has 0 aromatic carbocycles. The van der Waals surface area contributed by atoms with Gasteiger partial charge in [0, 0.05) is 11.8 Å². The molecule has 1 nitrogen and oxygen atoms in total. The predicted octanol–water partition coefficient (Wildman–Crippen LogP) is 0.996. The van der Waals surface area contributed by atoms with E-state index in [0.29, 0.717) is 6.04 Å². The molecule has 0 saturated carbocycles. The first-order chi connectivity index (χ1) is 3.83. The molecule has 1 aliphatic heterocycles. The van der Waals surface area contributed by atoms with Gasteiger partial charge in [0.2, 0.25) is 0 Å². The van der Waals surface area contributed by atoms with Crippen LogP contribution in [-0.4, -0.2) is 16.8 Å². The Bertz CT molecular complexity index is 103. The highest BCUT2D eigenvalue weighted by molar-refractivity contribution is 7.80. The molecule has 1 atom stereocenters. The number of thiocarbonyl (C=S) groups is 1. The van der Waals surface area contributed by atoms with Gasteiger partial charge in [-0.3, -0.25) is 0 Å². The summed E-state index contributed by atoms with van der Waals surface area (Å²) in [5.74, 6) is 0.903. The van der Waals surface area contributed by atoms with Crippen LogP contribution in [0.25, 0.3) is 0 Å². The molecule has 0 unspecified atom stereocenters. The van der Waals surface area contributed by atoms with E-state index in [1.165, 1.54) is 6.42 Å². The molecule has 0 aliphatic carbocycles. The van der Waals surface area contributed by atoms with Crippen LogP contribution in [0.3, 0.4) is 0 Å². The fourth-order valence-corrected chi connectivity index (χ4v) is 1.37. The summed E-state index contributed by atoms with van der Waals surface area (Å²) in [5.41, 5.74) is 0. The van der Waals surface area contributed by atoms with Gasteiger partial charge in [-0.15, -0.1) is 0 Å². The lowest BCUT2D eigenvalue weighted by Crippen LogP contribution is -2.25. The van der Waals surface area contributed by atoms with E-state index in [1.54, 1.807) is 0 Å². The van der Waals surface area contributed by atoms with Crippen LogP contribution in [0.1, 0.15) is 12.8 Å². The Labute approximate surface area is 60.3 Å². The summed E-state index contributed by atoms with van der Waals surface area (Å²) < 4.78 is 0. The first-order valence-corrected chi connectivity index (χ1v) is 3.77. The van der Waals surface area contributed by atoms with Crippen molar-refractivity contribution in [2.45, 2.75) is 18.9 Å². The summed E-state index contributed by atoms with van der Waals surface area (Å²) in [6.45, 7) is 0. The van der Waals surface area contributed by atoms with Gasteiger partial charge in [-0.2, -0.15) is 12.6 Å². The van der Waals surface area contributed by atoms with Gasteiger partial charge < -0.3 is 5.32 Å². The van der Waals surface area contributed by atoms with Gasteiger partial charge in [0.1, 0.15) is 0 Å². The van der Waals surface area contributed by atoms with Gasteiger partial charge >= 0.3 is 0 Å². The quantitative estimate of drug-likeness (QED) is 0.424. The summed E-state index contributed by atoms with van der Waals surface area (Å²) in [6, 6.07) is 0.547. The molecule has 0 aromatic heterocycles. The third-order valence-corrected chi connectivity index (χ3v) is 2.07. The van der Waals surface area contributed by atoms with E-state index in [2.05, 4.69) is 17.9 Å². The average molecular weight is 147 g/mol. The highest BCUT2D eigenvalue weighted by Crippen LogP contribution is 2.08. The minimum absolute atomic E-state index is 0.547. The first-order valence-electron chi connectivity index (χ1n) is 2.73. The van der Waals surface area contributed by atoms with Crippen LogP contribution in [0.5, 0.6) is 0 Å². The van der Waals surface area contributed by atoms with Crippen molar-refractivity contribution in [2.75, 3.05) is 5.75 Å². The summed E-state index contributed by atoms with van der Waals surface area (Å²) in [4.78, 5) is 1.00. The van der Waals surface area contributed by atoms with Gasteiger partial charge in [0.05, 0.1) is 4.99 Å². The zero-order chi connectivity index (χ0) is 5.98. The number of nitrogens with one attached hydrogen (secondary N) is 1. The van der Waals surface area contributed by atoms with Crippen LogP contribution in [0.4, 0.5) is 0 Å². The highest BCUT2D eigenvalue weighted by Gasteiger charge is 2.15. The van der Waals surface area contributed by atoms with Crippen molar-refractivity contribution in [3.63, 3.8) is 0 Å². The number of rotatable bonds is 1. The van der Waals surface area contributed by atoms with Crippen molar-refractivity contribution in [3.8, 4) is 0 Å². The number of hydrogen-bond acceptors (Lipinski definition) is 2. The van der Waals surface area contributed by atoms with E-state index in [1.807, 2.05) is 0 Å². The fraction of sp³-hybridized carbons (Fsp3) is 0.800. The van der Waals surface area contributed by atoms with Gasteiger partial charge in [-0.1, -0.05) is 12.2 Å². The highest BCUT2D eigenvalue weighted by atomic mass is 32.1. The monoisotopic (exact) mass is 147 g/mol. The Morgan fingerprint density at radius 3 is 2.88 bits per heavy atom. The van der Waals surface area contributed by atoms with Crippen molar-refractivity contribution in [1.82, 2.24) is 5.32 Å². The van der Waals surface area contributed by atoms with Crippen LogP contribution in [0.15, 0.2) is 0 Å². The maximum absolute atomic E-state index is 4.92. The third kappa shape index (κ3) is 1.36. The van der Waals surface area contributed by atoms with E-state index >= 15 is 0 Å². The summed E-state index contributed by atoms with van der Waals surface area (Å²) in [5, 5.41) is 3.16. The van der Waals surface area contributed by atoms with Crippen LogP contribution < -0.4 is 5.32 Å². The molecule has 1 heterocycles. The molecule has 1 aliphatic rings. The Balaban J connectivity index is 2.32. The molecule has 0 spiro atoms. The Kier molecular flexibility index (Phi) is 2.14. The molecule has 1 rings (SSSR count). The zero-order valence-electron chi connectivity index (χ0n) is 4.55. The molecule has 3 heteroatoms. The Morgan fingerprint density at radius 1 is 1.88 bits per heavy atom. The van der Waals surface area contributed by atoms with Gasteiger partial charge in [0.15, 0.2) is 0 Å².